The minimum Gasteiger partial charge on any atom is -0.306 e. The summed E-state index contributed by atoms with van der Waals surface area (Å²) in [4.78, 5) is 0. The Morgan fingerprint density at radius 1 is 0.958 bits per heavy atom. The molecule has 0 aliphatic rings. The molecule has 0 unspecified atom stereocenters. The van der Waals surface area contributed by atoms with Crippen molar-refractivity contribution in [2.24, 2.45) is 0 Å². The first-order chi connectivity index (χ1) is 11.6. The normalized spacial score (nSPS) is 12.3. The molecule has 0 aliphatic heterocycles. The van der Waals surface area contributed by atoms with Crippen LogP contribution in [0.15, 0.2) is 60.7 Å². The molecule has 3 nitrogen and oxygen atoms in total. The van der Waals surface area contributed by atoms with Gasteiger partial charge in [-0.2, -0.15) is 5.10 Å². The van der Waals surface area contributed by atoms with E-state index in [1.54, 1.807) is 0 Å². The zero-order valence-electron chi connectivity index (χ0n) is 14.7. The molecular weight excluding hydrogens is 294 g/mol. The topological polar surface area (TPSA) is 29.9 Å². The van der Waals surface area contributed by atoms with Crippen molar-refractivity contribution in [3.63, 3.8) is 0 Å². The maximum Gasteiger partial charge on any atom is 0.0662 e. The second-order valence-corrected chi connectivity index (χ2v) is 6.31. The van der Waals surface area contributed by atoms with E-state index in [0.29, 0.717) is 6.04 Å². The highest BCUT2D eigenvalue weighted by molar-refractivity contribution is 5.26. The average molecular weight is 319 g/mol. The van der Waals surface area contributed by atoms with Crippen molar-refractivity contribution in [3.05, 3.63) is 88.7 Å². The number of hydrogen-bond acceptors (Lipinski definition) is 2. The quantitative estimate of drug-likeness (QED) is 0.730. The molecule has 1 atom stereocenters. The van der Waals surface area contributed by atoms with Gasteiger partial charge in [-0.1, -0.05) is 60.7 Å². The van der Waals surface area contributed by atoms with Crippen LogP contribution in [0.3, 0.4) is 0 Å². The molecule has 0 amide bonds. The monoisotopic (exact) mass is 319 g/mol. The first-order valence-corrected chi connectivity index (χ1v) is 8.50. The van der Waals surface area contributed by atoms with Crippen molar-refractivity contribution in [1.29, 1.82) is 0 Å². The largest absolute Gasteiger partial charge is 0.306 e. The Morgan fingerprint density at radius 2 is 1.58 bits per heavy atom. The van der Waals surface area contributed by atoms with Crippen molar-refractivity contribution >= 4 is 0 Å². The number of hydrogen-bond donors (Lipinski definition) is 1. The maximum atomic E-state index is 4.73. The summed E-state index contributed by atoms with van der Waals surface area (Å²) in [6.07, 6.45) is 0. The van der Waals surface area contributed by atoms with Gasteiger partial charge in [-0.25, -0.2) is 0 Å². The van der Waals surface area contributed by atoms with Gasteiger partial charge in [0.2, 0.25) is 0 Å². The van der Waals surface area contributed by atoms with Crippen LogP contribution in [0.2, 0.25) is 0 Å². The first kappa shape index (κ1) is 16.5. The molecule has 3 aromatic rings. The number of nitrogens with one attached hydrogen (secondary N) is 1. The molecule has 1 heterocycles. The average Bonchev–Trinajstić information content (AvgIpc) is 2.88. The molecule has 1 aromatic heterocycles. The van der Waals surface area contributed by atoms with E-state index in [1.807, 2.05) is 6.07 Å². The van der Waals surface area contributed by atoms with E-state index < -0.39 is 0 Å². The minimum absolute atomic E-state index is 0.322. The summed E-state index contributed by atoms with van der Waals surface area (Å²) < 4.78 is 2.11. The molecular formula is C21H25N3. The molecule has 0 saturated carbocycles. The van der Waals surface area contributed by atoms with E-state index in [4.69, 9.17) is 5.10 Å². The summed E-state index contributed by atoms with van der Waals surface area (Å²) in [7, 11) is 0. The first-order valence-electron chi connectivity index (χ1n) is 8.50. The molecule has 3 rings (SSSR count). The third kappa shape index (κ3) is 3.74. The Hall–Kier alpha value is -2.39. The van der Waals surface area contributed by atoms with Crippen molar-refractivity contribution in [2.45, 2.75) is 39.9 Å². The van der Waals surface area contributed by atoms with Gasteiger partial charge in [-0.15, -0.1) is 0 Å². The van der Waals surface area contributed by atoms with Gasteiger partial charge >= 0.3 is 0 Å². The Labute approximate surface area is 144 Å². The van der Waals surface area contributed by atoms with Gasteiger partial charge in [0.1, 0.15) is 0 Å². The molecule has 0 fully saturated rings. The van der Waals surface area contributed by atoms with Crippen LogP contribution >= 0.6 is 0 Å². The van der Waals surface area contributed by atoms with Crippen molar-refractivity contribution in [3.8, 4) is 0 Å². The Kier molecular flexibility index (Phi) is 5.11. The van der Waals surface area contributed by atoms with E-state index in [9.17, 15) is 0 Å². The summed E-state index contributed by atoms with van der Waals surface area (Å²) in [5.41, 5.74) is 6.23. The highest BCUT2D eigenvalue weighted by Gasteiger charge is 2.13. The third-order valence-electron chi connectivity index (χ3n) is 4.59. The van der Waals surface area contributed by atoms with Crippen LogP contribution in [0.1, 0.15) is 41.0 Å². The van der Waals surface area contributed by atoms with Crippen LogP contribution in [0, 0.1) is 13.8 Å². The second kappa shape index (κ2) is 7.45. The molecule has 1 N–H and O–H groups in total. The van der Waals surface area contributed by atoms with E-state index in [2.05, 4.69) is 85.4 Å². The molecule has 124 valence electrons. The Bertz CT molecular complexity index is 776. The van der Waals surface area contributed by atoms with Gasteiger partial charge in [0, 0.05) is 23.8 Å². The molecule has 2 aromatic carbocycles. The summed E-state index contributed by atoms with van der Waals surface area (Å²) in [6.45, 7) is 8.12. The molecule has 24 heavy (non-hydrogen) atoms. The van der Waals surface area contributed by atoms with Crippen LogP contribution in [0.25, 0.3) is 0 Å². The predicted molar refractivity (Wildman–Crippen MR) is 98.9 cm³/mol. The number of nitrogens with zero attached hydrogens (tertiary/aromatic N) is 2. The zero-order valence-corrected chi connectivity index (χ0v) is 14.7. The lowest BCUT2D eigenvalue weighted by Crippen LogP contribution is -2.19. The summed E-state index contributed by atoms with van der Waals surface area (Å²) in [5, 5.41) is 8.35. The summed E-state index contributed by atoms with van der Waals surface area (Å²) in [6, 6.07) is 21.4. The maximum absolute atomic E-state index is 4.73. The third-order valence-corrected chi connectivity index (χ3v) is 4.59. The molecule has 0 bridgehead atoms. The second-order valence-electron chi connectivity index (χ2n) is 6.31. The molecule has 0 saturated heterocycles. The predicted octanol–water partition coefficient (Wildman–Crippen LogP) is 4.40. The van der Waals surface area contributed by atoms with E-state index >= 15 is 0 Å². The highest BCUT2D eigenvalue weighted by Crippen LogP contribution is 2.17. The lowest BCUT2D eigenvalue weighted by Gasteiger charge is -2.14. The lowest BCUT2D eigenvalue weighted by molar-refractivity contribution is 0.571. The molecule has 0 aliphatic carbocycles. The van der Waals surface area contributed by atoms with Crippen LogP contribution in [-0.2, 0) is 13.1 Å². The molecule has 3 heteroatoms. The van der Waals surface area contributed by atoms with Gasteiger partial charge in [0.15, 0.2) is 0 Å². The Morgan fingerprint density at radius 3 is 2.25 bits per heavy atom. The lowest BCUT2D eigenvalue weighted by atomic mass is 10.1. The minimum atomic E-state index is 0.322. The highest BCUT2D eigenvalue weighted by atomic mass is 15.3. The van der Waals surface area contributed by atoms with Crippen LogP contribution in [0.4, 0.5) is 0 Å². The van der Waals surface area contributed by atoms with Gasteiger partial charge in [0.05, 0.1) is 12.2 Å². The van der Waals surface area contributed by atoms with Gasteiger partial charge in [0.25, 0.3) is 0 Å². The fourth-order valence-corrected chi connectivity index (χ4v) is 3.01. The summed E-state index contributed by atoms with van der Waals surface area (Å²) >= 11 is 0. The smallest absolute Gasteiger partial charge is 0.0662 e. The standard InChI is InChI=1S/C21H25N3/c1-16(20-12-8-5-9-13-20)22-14-21-17(2)23-24(18(21)3)15-19-10-6-4-7-11-19/h4-13,16,22H,14-15H2,1-3H3/t16-/m0/s1. The van der Waals surface area contributed by atoms with E-state index in [-0.39, 0.29) is 0 Å². The fraction of sp³-hybridized carbons (Fsp3) is 0.286. The van der Waals surface area contributed by atoms with Gasteiger partial charge in [-0.05, 0) is 31.9 Å². The summed E-state index contributed by atoms with van der Waals surface area (Å²) in [5.74, 6) is 0. The number of benzene rings is 2. The van der Waals surface area contributed by atoms with E-state index in [1.165, 1.54) is 22.4 Å². The molecule has 0 spiro atoms. The van der Waals surface area contributed by atoms with Gasteiger partial charge in [-0.3, -0.25) is 4.68 Å². The van der Waals surface area contributed by atoms with Crippen molar-refractivity contribution in [1.82, 2.24) is 15.1 Å². The van der Waals surface area contributed by atoms with E-state index in [0.717, 1.165) is 18.8 Å². The fourth-order valence-electron chi connectivity index (χ4n) is 3.01. The molecule has 0 radical (unpaired) electrons. The van der Waals surface area contributed by atoms with Crippen LogP contribution < -0.4 is 5.32 Å². The van der Waals surface area contributed by atoms with Gasteiger partial charge < -0.3 is 5.32 Å². The van der Waals surface area contributed by atoms with Crippen molar-refractivity contribution in [2.75, 3.05) is 0 Å². The number of aromatic nitrogens is 2. The van der Waals surface area contributed by atoms with Crippen molar-refractivity contribution < 1.29 is 0 Å². The Balaban J connectivity index is 1.70. The number of aryl methyl sites for hydroxylation is 1. The SMILES string of the molecule is Cc1nn(Cc2ccccc2)c(C)c1CN[C@@H](C)c1ccccc1. The van der Waals surface area contributed by atoms with Crippen LogP contribution in [0.5, 0.6) is 0 Å². The zero-order chi connectivity index (χ0) is 16.9. The number of rotatable bonds is 6. The van der Waals surface area contributed by atoms with Crippen LogP contribution in [-0.4, -0.2) is 9.78 Å².